The summed E-state index contributed by atoms with van der Waals surface area (Å²) >= 11 is 0. The molecular formula is C21H42O5. The first-order valence-electron chi connectivity index (χ1n) is 10.8. The van der Waals surface area contributed by atoms with Crippen LogP contribution in [-0.2, 0) is 9.53 Å². The zero-order chi connectivity index (χ0) is 19.5. The van der Waals surface area contributed by atoms with Crippen LogP contribution in [0.4, 0.5) is 0 Å². The van der Waals surface area contributed by atoms with Gasteiger partial charge in [-0.15, -0.1) is 0 Å². The van der Waals surface area contributed by atoms with Crippen molar-refractivity contribution >= 4 is 5.97 Å². The van der Waals surface area contributed by atoms with E-state index in [9.17, 15) is 15.0 Å². The zero-order valence-corrected chi connectivity index (χ0v) is 16.8. The van der Waals surface area contributed by atoms with Crippen LogP contribution in [0.5, 0.6) is 0 Å². The highest BCUT2D eigenvalue weighted by Crippen LogP contribution is 2.14. The molecule has 0 rings (SSSR count). The van der Waals surface area contributed by atoms with Gasteiger partial charge in [-0.3, -0.25) is 0 Å². The number of hydrogen-bond acceptors (Lipinski definition) is 5. The van der Waals surface area contributed by atoms with Gasteiger partial charge in [0.15, 0.2) is 6.10 Å². The summed E-state index contributed by atoms with van der Waals surface area (Å²) < 4.78 is 4.84. The summed E-state index contributed by atoms with van der Waals surface area (Å²) in [5.74, 6) is -0.715. The van der Waals surface area contributed by atoms with Crippen molar-refractivity contribution in [1.82, 2.24) is 0 Å². The van der Waals surface area contributed by atoms with E-state index in [-0.39, 0.29) is 6.61 Å². The Kier molecular flexibility index (Phi) is 18.6. The summed E-state index contributed by atoms with van der Waals surface area (Å²) in [6.07, 6.45) is 14.1. The van der Waals surface area contributed by atoms with Crippen LogP contribution in [0, 0.1) is 0 Å². The van der Waals surface area contributed by atoms with Gasteiger partial charge in [0.2, 0.25) is 0 Å². The highest BCUT2D eigenvalue weighted by molar-refractivity contribution is 5.75. The molecule has 0 spiro atoms. The predicted octanol–water partition coefficient (Wildman–Crippen LogP) is 4.12. The minimum Gasteiger partial charge on any atom is -0.464 e. The molecule has 156 valence electrons. The zero-order valence-electron chi connectivity index (χ0n) is 16.8. The van der Waals surface area contributed by atoms with Gasteiger partial charge >= 0.3 is 5.97 Å². The summed E-state index contributed by atoms with van der Waals surface area (Å²) in [6.45, 7) is 2.49. The molecule has 0 saturated carbocycles. The first-order chi connectivity index (χ1) is 12.6. The van der Waals surface area contributed by atoms with Crippen molar-refractivity contribution in [3.63, 3.8) is 0 Å². The van der Waals surface area contributed by atoms with Gasteiger partial charge in [0.1, 0.15) is 0 Å². The smallest absolute Gasteiger partial charge is 0.337 e. The molecule has 0 aromatic heterocycles. The largest absolute Gasteiger partial charge is 0.464 e. The molecule has 0 aromatic carbocycles. The Hall–Kier alpha value is -0.650. The van der Waals surface area contributed by atoms with Crippen LogP contribution in [0.3, 0.4) is 0 Å². The first kappa shape index (κ1) is 25.4. The molecule has 5 nitrogen and oxygen atoms in total. The van der Waals surface area contributed by atoms with Crippen LogP contribution in [0.1, 0.15) is 103 Å². The van der Waals surface area contributed by atoms with Crippen LogP contribution < -0.4 is 0 Å². The molecule has 0 aliphatic carbocycles. The lowest BCUT2D eigenvalue weighted by molar-refractivity contribution is -0.159. The summed E-state index contributed by atoms with van der Waals surface area (Å²) in [6, 6.07) is 0. The molecular weight excluding hydrogens is 332 g/mol. The van der Waals surface area contributed by atoms with Gasteiger partial charge in [-0.05, 0) is 19.3 Å². The fourth-order valence-electron chi connectivity index (χ4n) is 3.01. The monoisotopic (exact) mass is 374 g/mol. The van der Waals surface area contributed by atoms with Crippen molar-refractivity contribution in [2.24, 2.45) is 0 Å². The Balaban J connectivity index is 3.33. The van der Waals surface area contributed by atoms with E-state index in [0.717, 1.165) is 32.1 Å². The SMILES string of the molecule is CCCOC(=O)C(O)C(O)CCCCCCCCCCCCCCCO. The summed E-state index contributed by atoms with van der Waals surface area (Å²) in [5.41, 5.74) is 0. The number of carbonyl (C=O) groups excluding carboxylic acids is 1. The summed E-state index contributed by atoms with van der Waals surface area (Å²) in [4.78, 5) is 11.4. The molecule has 26 heavy (non-hydrogen) atoms. The number of unbranched alkanes of at least 4 members (excludes halogenated alkanes) is 12. The second-order valence-electron chi connectivity index (χ2n) is 7.29. The molecule has 0 radical (unpaired) electrons. The normalized spacial score (nSPS) is 13.5. The molecule has 0 heterocycles. The number of esters is 1. The lowest BCUT2D eigenvalue weighted by Gasteiger charge is -2.16. The quantitative estimate of drug-likeness (QED) is 0.234. The topological polar surface area (TPSA) is 87.0 Å². The van der Waals surface area contributed by atoms with E-state index in [1.807, 2.05) is 6.92 Å². The maximum atomic E-state index is 11.4. The molecule has 0 bridgehead atoms. The molecule has 2 unspecified atom stereocenters. The van der Waals surface area contributed by atoms with E-state index in [1.54, 1.807) is 0 Å². The molecule has 0 saturated heterocycles. The standard InChI is InChI=1S/C21H42O5/c1-2-18-26-21(25)20(24)19(23)16-14-12-10-8-6-4-3-5-7-9-11-13-15-17-22/h19-20,22-24H,2-18H2,1H3. The van der Waals surface area contributed by atoms with E-state index in [1.165, 1.54) is 51.4 Å². The van der Waals surface area contributed by atoms with Crippen molar-refractivity contribution in [2.75, 3.05) is 13.2 Å². The van der Waals surface area contributed by atoms with E-state index >= 15 is 0 Å². The van der Waals surface area contributed by atoms with Gasteiger partial charge in [0, 0.05) is 6.61 Å². The average Bonchev–Trinajstić information content (AvgIpc) is 2.65. The van der Waals surface area contributed by atoms with Crippen LogP contribution in [0.15, 0.2) is 0 Å². The van der Waals surface area contributed by atoms with Gasteiger partial charge in [-0.1, -0.05) is 84.0 Å². The third-order valence-electron chi connectivity index (χ3n) is 4.71. The highest BCUT2D eigenvalue weighted by Gasteiger charge is 2.24. The summed E-state index contributed by atoms with van der Waals surface area (Å²) in [5, 5.41) is 28.2. The van der Waals surface area contributed by atoms with Gasteiger partial charge in [0.05, 0.1) is 12.7 Å². The Morgan fingerprint density at radius 2 is 1.19 bits per heavy atom. The minimum absolute atomic E-state index is 0.284. The van der Waals surface area contributed by atoms with E-state index in [0.29, 0.717) is 19.4 Å². The number of carbonyl (C=O) groups is 1. The molecule has 0 aliphatic rings. The maximum Gasteiger partial charge on any atom is 0.337 e. The second kappa shape index (κ2) is 19.1. The third kappa shape index (κ3) is 15.6. The fourth-order valence-corrected chi connectivity index (χ4v) is 3.01. The molecule has 0 fully saturated rings. The third-order valence-corrected chi connectivity index (χ3v) is 4.71. The van der Waals surface area contributed by atoms with Crippen molar-refractivity contribution in [3.8, 4) is 0 Å². The second-order valence-corrected chi connectivity index (χ2v) is 7.29. The minimum atomic E-state index is -1.41. The van der Waals surface area contributed by atoms with Crippen LogP contribution in [0.2, 0.25) is 0 Å². The Morgan fingerprint density at radius 1 is 0.769 bits per heavy atom. The van der Waals surface area contributed by atoms with E-state index < -0.39 is 18.2 Å². The molecule has 0 aromatic rings. The molecule has 2 atom stereocenters. The number of ether oxygens (including phenoxy) is 1. The fraction of sp³-hybridized carbons (Fsp3) is 0.952. The Morgan fingerprint density at radius 3 is 1.62 bits per heavy atom. The lowest BCUT2D eigenvalue weighted by Crippen LogP contribution is -2.35. The van der Waals surface area contributed by atoms with Gasteiger partial charge < -0.3 is 20.1 Å². The number of aliphatic hydroxyl groups excluding tert-OH is 3. The first-order valence-corrected chi connectivity index (χ1v) is 10.8. The van der Waals surface area contributed by atoms with Gasteiger partial charge in [-0.2, -0.15) is 0 Å². The molecule has 5 heteroatoms. The van der Waals surface area contributed by atoms with Crippen molar-refractivity contribution in [2.45, 2.75) is 115 Å². The lowest BCUT2D eigenvalue weighted by atomic mass is 10.0. The van der Waals surface area contributed by atoms with Crippen LogP contribution >= 0.6 is 0 Å². The van der Waals surface area contributed by atoms with Crippen molar-refractivity contribution in [3.05, 3.63) is 0 Å². The molecule has 0 amide bonds. The van der Waals surface area contributed by atoms with E-state index in [4.69, 9.17) is 9.84 Å². The van der Waals surface area contributed by atoms with Gasteiger partial charge in [-0.25, -0.2) is 4.79 Å². The van der Waals surface area contributed by atoms with E-state index in [2.05, 4.69) is 0 Å². The summed E-state index contributed by atoms with van der Waals surface area (Å²) in [7, 11) is 0. The predicted molar refractivity (Wildman–Crippen MR) is 105 cm³/mol. The van der Waals surface area contributed by atoms with Crippen LogP contribution in [-0.4, -0.2) is 46.7 Å². The Bertz CT molecular complexity index is 309. The number of aliphatic hydroxyl groups is 3. The average molecular weight is 375 g/mol. The van der Waals surface area contributed by atoms with Crippen molar-refractivity contribution < 1.29 is 24.9 Å². The van der Waals surface area contributed by atoms with Crippen molar-refractivity contribution in [1.29, 1.82) is 0 Å². The van der Waals surface area contributed by atoms with Crippen LogP contribution in [0.25, 0.3) is 0 Å². The van der Waals surface area contributed by atoms with Gasteiger partial charge in [0.25, 0.3) is 0 Å². The number of hydrogen-bond donors (Lipinski definition) is 3. The molecule has 3 N–H and O–H groups in total. The number of rotatable bonds is 19. The highest BCUT2D eigenvalue weighted by atomic mass is 16.5. The Labute approximate surface area is 160 Å². The maximum absolute atomic E-state index is 11.4. The molecule has 0 aliphatic heterocycles.